The second kappa shape index (κ2) is 7.03. The monoisotopic (exact) mass is 421 g/mol. The fourth-order valence-electron chi connectivity index (χ4n) is 2.91. The molecule has 3 heterocycles. The first-order chi connectivity index (χ1) is 13.7. The molecule has 2 aliphatic rings. The molecule has 0 spiro atoms. The maximum absolute atomic E-state index is 12.8. The van der Waals surface area contributed by atoms with Gasteiger partial charge in [0.25, 0.3) is 10.0 Å². The third-order valence-electron chi connectivity index (χ3n) is 4.31. The molecule has 2 aliphatic heterocycles. The zero-order valence-corrected chi connectivity index (χ0v) is 15.6. The Labute approximate surface area is 164 Å². The molecular weight excluding hydrogens is 407 g/mol. The average Bonchev–Trinajstić information content (AvgIpc) is 2.67. The lowest BCUT2D eigenvalue weighted by molar-refractivity contribution is -0.137. The maximum atomic E-state index is 12.8. The summed E-state index contributed by atoms with van der Waals surface area (Å²) >= 11 is 0. The minimum absolute atomic E-state index is 0.0507. The highest BCUT2D eigenvalue weighted by molar-refractivity contribution is 7.90. The predicted octanol–water partition coefficient (Wildman–Crippen LogP) is 3.85. The van der Waals surface area contributed by atoms with Crippen LogP contribution in [0.4, 0.5) is 13.2 Å². The molecule has 0 amide bonds. The molecule has 0 radical (unpaired) electrons. The number of sulfonamides is 1. The van der Waals surface area contributed by atoms with Crippen LogP contribution in [0.2, 0.25) is 0 Å². The van der Waals surface area contributed by atoms with Crippen molar-refractivity contribution >= 4 is 21.4 Å². The van der Waals surface area contributed by atoms with Crippen LogP contribution in [0.3, 0.4) is 0 Å². The number of pyridine rings is 1. The van der Waals surface area contributed by atoms with E-state index in [2.05, 4.69) is 9.38 Å². The van der Waals surface area contributed by atoms with Gasteiger partial charge in [-0.2, -0.15) is 13.2 Å². The van der Waals surface area contributed by atoms with Gasteiger partial charge in [0.15, 0.2) is 5.84 Å². The Morgan fingerprint density at radius 2 is 1.86 bits per heavy atom. The Balaban J connectivity index is 1.58. The number of halogens is 3. The predicted molar refractivity (Wildman–Crippen MR) is 101 cm³/mol. The van der Waals surface area contributed by atoms with Gasteiger partial charge < -0.3 is 9.64 Å². The Bertz CT molecular complexity index is 1140. The Hall–Kier alpha value is -3.14. The molecule has 0 unspecified atom stereocenters. The molecule has 0 saturated carbocycles. The van der Waals surface area contributed by atoms with Gasteiger partial charge in [0.1, 0.15) is 5.75 Å². The van der Waals surface area contributed by atoms with E-state index in [4.69, 9.17) is 4.74 Å². The highest BCUT2D eigenvalue weighted by atomic mass is 32.2. The molecule has 4 rings (SSSR count). The van der Waals surface area contributed by atoms with Crippen molar-refractivity contribution in [3.63, 3.8) is 0 Å². The summed E-state index contributed by atoms with van der Waals surface area (Å²) in [5, 5.41) is 0. The molecule has 150 valence electrons. The molecule has 0 bridgehead atoms. The number of aromatic nitrogens is 1. The van der Waals surface area contributed by atoms with Crippen LogP contribution >= 0.6 is 0 Å². The summed E-state index contributed by atoms with van der Waals surface area (Å²) in [5.74, 6) is 0.404. The van der Waals surface area contributed by atoms with E-state index in [0.717, 1.165) is 18.3 Å². The fourth-order valence-corrected chi connectivity index (χ4v) is 3.89. The van der Waals surface area contributed by atoms with Crippen LogP contribution in [0.15, 0.2) is 65.3 Å². The molecule has 0 N–H and O–H groups in total. The molecule has 1 aromatic heterocycles. The molecule has 6 nitrogen and oxygen atoms in total. The van der Waals surface area contributed by atoms with Crippen molar-refractivity contribution in [2.75, 3.05) is 12.3 Å². The van der Waals surface area contributed by atoms with Crippen molar-refractivity contribution in [2.45, 2.75) is 6.18 Å². The van der Waals surface area contributed by atoms with E-state index in [1.807, 2.05) is 0 Å². The van der Waals surface area contributed by atoms with E-state index in [1.165, 1.54) is 0 Å². The van der Waals surface area contributed by atoms with Gasteiger partial charge in [-0.15, -0.1) is 4.40 Å². The number of amidine groups is 1. The normalized spacial score (nSPS) is 18.0. The van der Waals surface area contributed by atoms with E-state index in [1.54, 1.807) is 47.5 Å². The number of nitrogens with zero attached hydrogens (tertiary/aromatic N) is 3. The minimum Gasteiger partial charge on any atom is -0.439 e. The summed E-state index contributed by atoms with van der Waals surface area (Å²) in [6.07, 6.45) is 1.85. The molecule has 0 fully saturated rings. The molecule has 2 aromatic rings. The number of alkyl halides is 3. The van der Waals surface area contributed by atoms with E-state index in [9.17, 15) is 21.6 Å². The lowest BCUT2D eigenvalue weighted by Gasteiger charge is -2.29. The number of ether oxygens (including phenoxy) is 1. The van der Waals surface area contributed by atoms with Crippen LogP contribution in [-0.4, -0.2) is 36.4 Å². The van der Waals surface area contributed by atoms with Gasteiger partial charge >= 0.3 is 6.18 Å². The average molecular weight is 421 g/mol. The van der Waals surface area contributed by atoms with Crippen LogP contribution in [0.25, 0.3) is 5.57 Å². The zero-order chi connectivity index (χ0) is 20.6. The van der Waals surface area contributed by atoms with Crippen LogP contribution in [0.5, 0.6) is 11.6 Å². The number of rotatable bonds is 3. The van der Waals surface area contributed by atoms with Gasteiger partial charge in [0.05, 0.1) is 11.3 Å². The standard InChI is InChI=1S/C19H14F3N3O3S/c20-19(21,22)14-7-8-23-17(12-14)28-15-5-3-13(4-6-15)16-2-1-9-25-10-11-29(26,27)24-18(16)25/h1-9,12H,10-11H2. The number of allylic oxidation sites excluding steroid dienone is 2. The van der Waals surface area contributed by atoms with Gasteiger partial charge in [0, 0.05) is 30.6 Å². The summed E-state index contributed by atoms with van der Waals surface area (Å²) in [7, 11) is -3.51. The van der Waals surface area contributed by atoms with Crippen LogP contribution < -0.4 is 4.74 Å². The number of fused-ring (bicyclic) bond motifs is 1. The highest BCUT2D eigenvalue weighted by Crippen LogP contribution is 2.32. The van der Waals surface area contributed by atoms with Crippen molar-refractivity contribution < 1.29 is 26.3 Å². The third kappa shape index (κ3) is 4.16. The Morgan fingerprint density at radius 3 is 2.59 bits per heavy atom. The summed E-state index contributed by atoms with van der Waals surface area (Å²) in [4.78, 5) is 5.55. The number of hydrogen-bond acceptors (Lipinski definition) is 5. The Kier molecular flexibility index (Phi) is 4.65. The third-order valence-corrected chi connectivity index (χ3v) is 5.46. The van der Waals surface area contributed by atoms with E-state index >= 15 is 0 Å². The van der Waals surface area contributed by atoms with Crippen molar-refractivity contribution in [3.8, 4) is 11.6 Å². The first-order valence-corrected chi connectivity index (χ1v) is 10.1. The van der Waals surface area contributed by atoms with Crippen LogP contribution in [-0.2, 0) is 16.2 Å². The number of hydrogen-bond donors (Lipinski definition) is 0. The van der Waals surface area contributed by atoms with Crippen molar-refractivity contribution in [1.82, 2.24) is 9.88 Å². The van der Waals surface area contributed by atoms with Gasteiger partial charge in [0.2, 0.25) is 5.88 Å². The summed E-state index contributed by atoms with van der Waals surface area (Å²) in [6, 6.07) is 8.18. The van der Waals surface area contributed by atoms with Crippen molar-refractivity contribution in [2.24, 2.45) is 4.40 Å². The molecule has 0 saturated heterocycles. The first-order valence-electron chi connectivity index (χ1n) is 8.51. The van der Waals surface area contributed by atoms with E-state index in [0.29, 0.717) is 29.3 Å². The molecule has 10 heteroatoms. The summed E-state index contributed by atoms with van der Waals surface area (Å²) in [5.41, 5.74) is 0.467. The second-order valence-corrected chi connectivity index (χ2v) is 8.08. The largest absolute Gasteiger partial charge is 0.439 e. The van der Waals surface area contributed by atoms with E-state index < -0.39 is 21.8 Å². The topological polar surface area (TPSA) is 71.9 Å². The van der Waals surface area contributed by atoms with Crippen LogP contribution in [0, 0.1) is 0 Å². The molecular formula is C19H14F3N3O3S. The van der Waals surface area contributed by atoms with Gasteiger partial charge in [-0.05, 0) is 35.9 Å². The minimum atomic E-state index is -4.49. The molecule has 0 atom stereocenters. The Morgan fingerprint density at radius 1 is 1.10 bits per heavy atom. The summed E-state index contributed by atoms with van der Waals surface area (Å²) < 4.78 is 71.4. The van der Waals surface area contributed by atoms with Gasteiger partial charge in [-0.3, -0.25) is 0 Å². The fraction of sp³-hybridized carbons (Fsp3) is 0.158. The second-order valence-electron chi connectivity index (χ2n) is 6.32. The SMILES string of the molecule is O=S1(=O)CCN2C=CC=C(c3ccc(Oc4cc(C(F)(F)F)ccn4)cc3)C2=N1. The lowest BCUT2D eigenvalue weighted by Crippen LogP contribution is -2.37. The first kappa shape index (κ1) is 19.2. The summed E-state index contributed by atoms with van der Waals surface area (Å²) in [6.45, 7) is 0.317. The molecule has 0 aliphatic carbocycles. The molecule has 29 heavy (non-hydrogen) atoms. The quantitative estimate of drug-likeness (QED) is 0.753. The highest BCUT2D eigenvalue weighted by Gasteiger charge is 2.31. The zero-order valence-electron chi connectivity index (χ0n) is 14.8. The lowest BCUT2D eigenvalue weighted by atomic mass is 10.0. The number of benzene rings is 1. The van der Waals surface area contributed by atoms with Crippen LogP contribution in [0.1, 0.15) is 11.1 Å². The van der Waals surface area contributed by atoms with Gasteiger partial charge in [-0.1, -0.05) is 12.1 Å². The van der Waals surface area contributed by atoms with Crippen molar-refractivity contribution in [1.29, 1.82) is 0 Å². The van der Waals surface area contributed by atoms with E-state index in [-0.39, 0.29) is 11.6 Å². The van der Waals surface area contributed by atoms with Crippen molar-refractivity contribution in [3.05, 3.63) is 72.1 Å². The smallest absolute Gasteiger partial charge is 0.416 e. The maximum Gasteiger partial charge on any atom is 0.416 e. The molecule has 1 aromatic carbocycles. The van der Waals surface area contributed by atoms with Gasteiger partial charge in [-0.25, -0.2) is 13.4 Å².